The lowest BCUT2D eigenvalue weighted by Crippen LogP contribution is -1.97. The number of fused-ring (bicyclic) bond motifs is 1. The molecule has 0 radical (unpaired) electrons. The van der Waals surface area contributed by atoms with Gasteiger partial charge >= 0.3 is 0 Å². The summed E-state index contributed by atoms with van der Waals surface area (Å²) in [6.07, 6.45) is 0. The second kappa shape index (κ2) is 3.30. The molecule has 0 unspecified atom stereocenters. The Kier molecular flexibility index (Phi) is 2.25. The van der Waals surface area contributed by atoms with Crippen LogP contribution in [-0.4, -0.2) is 4.98 Å². The average molecular weight is 209 g/mol. The third kappa shape index (κ3) is 1.22. The molecule has 14 heavy (non-hydrogen) atoms. The summed E-state index contributed by atoms with van der Waals surface area (Å²) >= 11 is 6.14. The molecule has 0 spiro atoms. The number of H-pyrrole nitrogens is 1. The third-order valence-corrected chi connectivity index (χ3v) is 2.99. The molecule has 0 bridgehead atoms. The number of nitrogens with two attached hydrogens (primary N) is 1. The Labute approximate surface area is 88.1 Å². The standard InChI is InChI=1S/C11H13ClN2/c1-6-3-4-8(12)10-7(2)9(5-13)14-11(6)10/h3-4,14H,5,13H2,1-2H3. The molecule has 0 fully saturated rings. The van der Waals surface area contributed by atoms with E-state index < -0.39 is 0 Å². The van der Waals surface area contributed by atoms with Gasteiger partial charge in [0.15, 0.2) is 0 Å². The van der Waals surface area contributed by atoms with Gasteiger partial charge in [0, 0.05) is 17.6 Å². The fourth-order valence-electron chi connectivity index (χ4n) is 1.81. The van der Waals surface area contributed by atoms with Crippen LogP contribution in [0.15, 0.2) is 12.1 Å². The molecular formula is C11H13ClN2. The minimum atomic E-state index is 0.524. The first-order chi connectivity index (χ1) is 6.65. The molecule has 0 aliphatic heterocycles. The molecule has 3 heteroatoms. The zero-order chi connectivity index (χ0) is 10.3. The fraction of sp³-hybridized carbons (Fsp3) is 0.273. The van der Waals surface area contributed by atoms with Gasteiger partial charge < -0.3 is 10.7 Å². The Bertz CT molecular complexity index is 485. The highest BCUT2D eigenvalue weighted by Crippen LogP contribution is 2.30. The highest BCUT2D eigenvalue weighted by Gasteiger charge is 2.10. The van der Waals surface area contributed by atoms with Gasteiger partial charge in [-0.1, -0.05) is 17.7 Å². The second-order valence-electron chi connectivity index (χ2n) is 3.55. The molecule has 74 valence electrons. The zero-order valence-corrected chi connectivity index (χ0v) is 9.07. The molecule has 0 aliphatic carbocycles. The molecule has 0 atom stereocenters. The Morgan fingerprint density at radius 1 is 1.36 bits per heavy atom. The summed E-state index contributed by atoms with van der Waals surface area (Å²) in [5, 5.41) is 1.89. The summed E-state index contributed by atoms with van der Waals surface area (Å²) in [5.41, 5.74) is 10.2. The lowest BCUT2D eigenvalue weighted by molar-refractivity contribution is 1.00. The van der Waals surface area contributed by atoms with Crippen molar-refractivity contribution in [3.8, 4) is 0 Å². The SMILES string of the molecule is Cc1ccc(Cl)c2c(C)c(CN)[nH]c12. The molecular weight excluding hydrogens is 196 g/mol. The van der Waals surface area contributed by atoms with E-state index in [0.717, 1.165) is 27.2 Å². The number of benzene rings is 1. The maximum atomic E-state index is 6.14. The summed E-state index contributed by atoms with van der Waals surface area (Å²) < 4.78 is 0. The van der Waals surface area contributed by atoms with Gasteiger partial charge in [0.1, 0.15) is 0 Å². The average Bonchev–Trinajstić information content (AvgIpc) is 2.51. The van der Waals surface area contributed by atoms with Crippen LogP contribution in [0.4, 0.5) is 0 Å². The van der Waals surface area contributed by atoms with E-state index in [2.05, 4.69) is 11.9 Å². The lowest BCUT2D eigenvalue weighted by Gasteiger charge is -1.98. The normalized spacial score (nSPS) is 11.1. The number of nitrogens with one attached hydrogen (secondary N) is 1. The van der Waals surface area contributed by atoms with Gasteiger partial charge in [-0.05, 0) is 31.0 Å². The third-order valence-electron chi connectivity index (χ3n) is 2.67. The minimum absolute atomic E-state index is 0.524. The predicted molar refractivity (Wildman–Crippen MR) is 60.7 cm³/mol. The Morgan fingerprint density at radius 2 is 2.07 bits per heavy atom. The van der Waals surface area contributed by atoms with E-state index in [9.17, 15) is 0 Å². The first kappa shape index (κ1) is 9.56. The predicted octanol–water partition coefficient (Wildman–Crippen LogP) is 2.90. The van der Waals surface area contributed by atoms with E-state index in [-0.39, 0.29) is 0 Å². The van der Waals surface area contributed by atoms with Crippen LogP contribution in [0.5, 0.6) is 0 Å². The molecule has 0 aliphatic rings. The molecule has 0 saturated carbocycles. The lowest BCUT2D eigenvalue weighted by atomic mass is 10.1. The number of aromatic nitrogens is 1. The smallest absolute Gasteiger partial charge is 0.0504 e. The van der Waals surface area contributed by atoms with Gasteiger partial charge in [-0.15, -0.1) is 0 Å². The van der Waals surface area contributed by atoms with Gasteiger partial charge in [-0.2, -0.15) is 0 Å². The van der Waals surface area contributed by atoms with Crippen molar-refractivity contribution >= 4 is 22.5 Å². The van der Waals surface area contributed by atoms with Crippen LogP contribution < -0.4 is 5.73 Å². The van der Waals surface area contributed by atoms with Crippen molar-refractivity contribution in [2.45, 2.75) is 20.4 Å². The van der Waals surface area contributed by atoms with Gasteiger partial charge in [0.05, 0.1) is 10.5 Å². The van der Waals surface area contributed by atoms with Crippen molar-refractivity contribution in [2.24, 2.45) is 5.73 Å². The molecule has 1 heterocycles. The number of hydrogen-bond donors (Lipinski definition) is 2. The Balaban J connectivity index is 2.90. The van der Waals surface area contributed by atoms with Gasteiger partial charge in [0.2, 0.25) is 0 Å². The highest BCUT2D eigenvalue weighted by atomic mass is 35.5. The van der Waals surface area contributed by atoms with Gasteiger partial charge in [0.25, 0.3) is 0 Å². The molecule has 3 N–H and O–H groups in total. The first-order valence-corrected chi connectivity index (χ1v) is 4.99. The van der Waals surface area contributed by atoms with Crippen molar-refractivity contribution in [1.29, 1.82) is 0 Å². The largest absolute Gasteiger partial charge is 0.357 e. The monoisotopic (exact) mass is 208 g/mol. The zero-order valence-electron chi connectivity index (χ0n) is 8.32. The van der Waals surface area contributed by atoms with E-state index in [4.69, 9.17) is 17.3 Å². The summed E-state index contributed by atoms with van der Waals surface area (Å²) in [4.78, 5) is 3.31. The molecule has 0 saturated heterocycles. The van der Waals surface area contributed by atoms with Crippen LogP contribution in [0.25, 0.3) is 10.9 Å². The Morgan fingerprint density at radius 3 is 2.64 bits per heavy atom. The maximum absolute atomic E-state index is 6.14. The number of hydrogen-bond acceptors (Lipinski definition) is 1. The van der Waals surface area contributed by atoms with Gasteiger partial charge in [-0.3, -0.25) is 0 Å². The van der Waals surface area contributed by atoms with E-state index in [1.54, 1.807) is 0 Å². The number of halogens is 1. The quantitative estimate of drug-likeness (QED) is 0.744. The van der Waals surface area contributed by atoms with Crippen molar-refractivity contribution in [3.63, 3.8) is 0 Å². The molecule has 1 aromatic heterocycles. The van der Waals surface area contributed by atoms with E-state index in [1.807, 2.05) is 19.1 Å². The van der Waals surface area contributed by atoms with Crippen LogP contribution in [0.2, 0.25) is 5.02 Å². The molecule has 2 aromatic rings. The van der Waals surface area contributed by atoms with E-state index in [0.29, 0.717) is 6.54 Å². The van der Waals surface area contributed by atoms with Crippen molar-refractivity contribution < 1.29 is 0 Å². The summed E-state index contributed by atoms with van der Waals surface area (Å²) in [7, 11) is 0. The van der Waals surface area contributed by atoms with E-state index >= 15 is 0 Å². The molecule has 1 aromatic carbocycles. The molecule has 2 rings (SSSR count). The molecule has 2 nitrogen and oxygen atoms in total. The van der Waals surface area contributed by atoms with Crippen molar-refractivity contribution in [2.75, 3.05) is 0 Å². The Hall–Kier alpha value is -0.990. The summed E-state index contributed by atoms with van der Waals surface area (Å²) in [5.74, 6) is 0. The van der Waals surface area contributed by atoms with Crippen LogP contribution in [0, 0.1) is 13.8 Å². The molecule has 0 amide bonds. The van der Waals surface area contributed by atoms with Crippen molar-refractivity contribution in [3.05, 3.63) is 34.0 Å². The van der Waals surface area contributed by atoms with Crippen LogP contribution in [-0.2, 0) is 6.54 Å². The second-order valence-corrected chi connectivity index (χ2v) is 3.95. The van der Waals surface area contributed by atoms with Crippen LogP contribution >= 0.6 is 11.6 Å². The van der Waals surface area contributed by atoms with Crippen molar-refractivity contribution in [1.82, 2.24) is 4.98 Å². The number of aryl methyl sites for hydroxylation is 2. The first-order valence-electron chi connectivity index (χ1n) is 4.61. The fourth-order valence-corrected chi connectivity index (χ4v) is 2.11. The minimum Gasteiger partial charge on any atom is -0.357 e. The number of rotatable bonds is 1. The summed E-state index contributed by atoms with van der Waals surface area (Å²) in [6, 6.07) is 3.95. The van der Waals surface area contributed by atoms with Gasteiger partial charge in [-0.25, -0.2) is 0 Å². The highest BCUT2D eigenvalue weighted by molar-refractivity contribution is 6.35. The number of aromatic amines is 1. The maximum Gasteiger partial charge on any atom is 0.0504 e. The van der Waals surface area contributed by atoms with Crippen LogP contribution in [0.3, 0.4) is 0 Å². The van der Waals surface area contributed by atoms with E-state index in [1.165, 1.54) is 5.56 Å². The summed E-state index contributed by atoms with van der Waals surface area (Å²) in [6.45, 7) is 4.64. The van der Waals surface area contributed by atoms with Crippen LogP contribution in [0.1, 0.15) is 16.8 Å². The topological polar surface area (TPSA) is 41.8 Å².